The van der Waals surface area contributed by atoms with Crippen molar-refractivity contribution in [2.75, 3.05) is 26.9 Å². The third-order valence-corrected chi connectivity index (χ3v) is 9.43. The largest absolute Gasteiger partial charge is 0.490 e. The first-order valence-electron chi connectivity index (χ1n) is 16.8. The molecule has 1 aliphatic heterocycles. The molecule has 0 spiro atoms. The lowest BCUT2D eigenvalue weighted by Crippen LogP contribution is -2.44. The lowest BCUT2D eigenvalue weighted by Gasteiger charge is -2.49. The maximum atomic E-state index is 14.3. The van der Waals surface area contributed by atoms with E-state index in [-0.39, 0.29) is 34.7 Å². The lowest BCUT2D eigenvalue weighted by atomic mass is 9.63. The summed E-state index contributed by atoms with van der Waals surface area (Å²) in [7, 11) is 1.69. The molecule has 5 rings (SSSR count). The molecule has 0 N–H and O–H groups in total. The molecule has 0 radical (unpaired) electrons. The van der Waals surface area contributed by atoms with Crippen LogP contribution in [0.4, 0.5) is 5.69 Å². The Kier molecular flexibility index (Phi) is 10.3. The summed E-state index contributed by atoms with van der Waals surface area (Å²) in [6, 6.07) is 10.2. The predicted molar refractivity (Wildman–Crippen MR) is 185 cm³/mol. The van der Waals surface area contributed by atoms with Crippen LogP contribution in [0.3, 0.4) is 0 Å². The van der Waals surface area contributed by atoms with Gasteiger partial charge in [0.25, 0.3) is 5.69 Å². The molecule has 1 heterocycles. The highest BCUT2D eigenvalue weighted by Gasteiger charge is 2.49. The van der Waals surface area contributed by atoms with Crippen molar-refractivity contribution in [2.24, 2.45) is 10.8 Å². The van der Waals surface area contributed by atoms with Crippen LogP contribution in [-0.4, -0.2) is 48.3 Å². The van der Waals surface area contributed by atoms with Crippen LogP contribution in [0.25, 0.3) is 0 Å². The average molecular weight is 657 g/mol. The Morgan fingerprint density at radius 2 is 1.56 bits per heavy atom. The molecule has 0 aromatic heterocycles. The van der Waals surface area contributed by atoms with Crippen molar-refractivity contribution < 1.29 is 28.7 Å². The number of carbonyl (C=O) groups is 2. The zero-order valence-electron chi connectivity index (χ0n) is 29.1. The summed E-state index contributed by atoms with van der Waals surface area (Å²) in [5.41, 5.74) is 5.47. The number of non-ortho nitro benzene ring substituents is 1. The van der Waals surface area contributed by atoms with Gasteiger partial charge in [-0.15, -0.1) is 6.58 Å². The Bertz CT molecular complexity index is 1610. The average Bonchev–Trinajstić information content (AvgIpc) is 3.00. The van der Waals surface area contributed by atoms with Crippen molar-refractivity contribution >= 4 is 17.3 Å². The molecule has 0 saturated carbocycles. The number of benzene rings is 2. The van der Waals surface area contributed by atoms with Gasteiger partial charge >= 0.3 is 0 Å². The summed E-state index contributed by atoms with van der Waals surface area (Å²) < 4.78 is 18.0. The van der Waals surface area contributed by atoms with Crippen molar-refractivity contribution in [2.45, 2.75) is 85.7 Å². The van der Waals surface area contributed by atoms with Crippen molar-refractivity contribution in [3.8, 4) is 11.5 Å². The molecule has 0 atom stereocenters. The summed E-state index contributed by atoms with van der Waals surface area (Å²) in [4.78, 5) is 41.5. The minimum Gasteiger partial charge on any atom is -0.490 e. The molecule has 0 amide bonds. The number of hydrogen-bond donors (Lipinski definition) is 0. The van der Waals surface area contributed by atoms with Crippen molar-refractivity contribution in [3.05, 3.63) is 98.4 Å². The minimum absolute atomic E-state index is 0.0128. The molecule has 0 unspecified atom stereocenters. The second kappa shape index (κ2) is 14.1. The molecule has 2 aromatic carbocycles. The molecule has 256 valence electrons. The number of nitro groups is 1. The molecule has 0 fully saturated rings. The van der Waals surface area contributed by atoms with Crippen LogP contribution in [0.15, 0.2) is 71.6 Å². The monoisotopic (exact) mass is 656 g/mol. The van der Waals surface area contributed by atoms with Gasteiger partial charge in [-0.1, -0.05) is 39.8 Å². The van der Waals surface area contributed by atoms with Gasteiger partial charge in [0, 0.05) is 79.3 Å². The van der Waals surface area contributed by atoms with E-state index in [0.717, 1.165) is 47.3 Å². The first-order chi connectivity index (χ1) is 22.8. The minimum atomic E-state index is -0.521. The highest BCUT2D eigenvalue weighted by molar-refractivity contribution is 6.06. The van der Waals surface area contributed by atoms with Gasteiger partial charge in [0.05, 0.1) is 11.5 Å². The Balaban J connectivity index is 1.67. The van der Waals surface area contributed by atoms with Crippen LogP contribution < -0.4 is 9.47 Å². The number of nitro benzene ring substituents is 1. The van der Waals surface area contributed by atoms with Gasteiger partial charge in [-0.05, 0) is 72.8 Å². The van der Waals surface area contributed by atoms with E-state index in [9.17, 15) is 19.7 Å². The van der Waals surface area contributed by atoms with E-state index in [2.05, 4.69) is 39.2 Å². The number of ether oxygens (including phenoxy) is 3. The smallest absolute Gasteiger partial charge is 0.269 e. The van der Waals surface area contributed by atoms with E-state index in [1.54, 1.807) is 25.3 Å². The van der Waals surface area contributed by atoms with Crippen molar-refractivity contribution in [1.29, 1.82) is 0 Å². The number of ketones is 2. The molecule has 2 aliphatic carbocycles. The Hall–Kier alpha value is -4.24. The summed E-state index contributed by atoms with van der Waals surface area (Å²) in [6.45, 7) is 16.3. The maximum absolute atomic E-state index is 14.3. The zero-order chi connectivity index (χ0) is 34.8. The van der Waals surface area contributed by atoms with E-state index < -0.39 is 10.8 Å². The second-order valence-corrected chi connectivity index (χ2v) is 14.7. The molecule has 0 bridgehead atoms. The third kappa shape index (κ3) is 7.26. The fourth-order valence-electron chi connectivity index (χ4n) is 7.47. The fraction of sp³-hybridized carbons (Fsp3) is 0.487. The number of rotatable bonds is 13. The van der Waals surface area contributed by atoms with Gasteiger partial charge in [0.1, 0.15) is 6.61 Å². The normalized spacial score (nSPS) is 18.8. The lowest BCUT2D eigenvalue weighted by molar-refractivity contribution is -0.384. The number of nitrogens with zero attached hydrogens (tertiary/aromatic N) is 2. The van der Waals surface area contributed by atoms with Crippen LogP contribution in [0, 0.1) is 20.9 Å². The Labute approximate surface area is 283 Å². The molecule has 2 aromatic rings. The zero-order valence-corrected chi connectivity index (χ0v) is 29.1. The fourth-order valence-corrected chi connectivity index (χ4v) is 7.47. The molecular weight excluding hydrogens is 608 g/mol. The van der Waals surface area contributed by atoms with Gasteiger partial charge in [-0.25, -0.2) is 0 Å². The van der Waals surface area contributed by atoms with Crippen LogP contribution in [-0.2, 0) is 27.4 Å². The number of hydrogen-bond acceptors (Lipinski definition) is 8. The standard InChI is InChI=1S/C39H48N2O7/c1-8-11-26-18-27(19-33(47-9-2)37(26)48-24-25-12-14-28(15-13-25)41(44)45)34-35-29(20-38(3,4)22-31(35)42)40(16-10-17-46-7)30-21-39(5,6)23-32(43)36(30)34/h8,12-15,18-19,34H,1,9-11,16-17,20-24H2,2-7H3. The van der Waals surface area contributed by atoms with Crippen molar-refractivity contribution in [3.63, 3.8) is 0 Å². The van der Waals surface area contributed by atoms with Gasteiger partial charge in [-0.3, -0.25) is 19.7 Å². The second-order valence-electron chi connectivity index (χ2n) is 14.7. The Morgan fingerprint density at radius 3 is 2.08 bits per heavy atom. The van der Waals surface area contributed by atoms with Crippen LogP contribution in [0.2, 0.25) is 0 Å². The van der Waals surface area contributed by atoms with Gasteiger partial charge < -0.3 is 19.1 Å². The summed E-state index contributed by atoms with van der Waals surface area (Å²) in [6.07, 6.45) is 5.32. The summed E-state index contributed by atoms with van der Waals surface area (Å²) in [5, 5.41) is 11.1. The molecule has 48 heavy (non-hydrogen) atoms. The van der Waals surface area contributed by atoms with E-state index in [1.807, 2.05) is 19.1 Å². The summed E-state index contributed by atoms with van der Waals surface area (Å²) in [5.74, 6) is 0.703. The summed E-state index contributed by atoms with van der Waals surface area (Å²) >= 11 is 0. The highest BCUT2D eigenvalue weighted by Crippen LogP contribution is 2.55. The number of methoxy groups -OCH3 is 1. The van der Waals surface area contributed by atoms with E-state index in [4.69, 9.17) is 14.2 Å². The van der Waals surface area contributed by atoms with E-state index in [0.29, 0.717) is 61.7 Å². The molecule has 9 nitrogen and oxygen atoms in total. The van der Waals surface area contributed by atoms with Gasteiger partial charge in [0.2, 0.25) is 0 Å². The van der Waals surface area contributed by atoms with Crippen LogP contribution in [0.1, 0.15) is 89.3 Å². The third-order valence-electron chi connectivity index (χ3n) is 9.43. The molecule has 3 aliphatic rings. The van der Waals surface area contributed by atoms with E-state index >= 15 is 0 Å². The Morgan fingerprint density at radius 1 is 0.958 bits per heavy atom. The highest BCUT2D eigenvalue weighted by atomic mass is 16.6. The van der Waals surface area contributed by atoms with Crippen LogP contribution in [0.5, 0.6) is 11.5 Å². The van der Waals surface area contributed by atoms with Gasteiger partial charge in [-0.2, -0.15) is 0 Å². The first kappa shape index (κ1) is 35.1. The molecule has 0 saturated heterocycles. The number of Topliss-reactive ketones (excluding diaryl/α,β-unsaturated/α-hetero) is 2. The molecular formula is C39H48N2O7. The SMILES string of the molecule is C=CCc1cc(C2C3=C(CC(C)(C)CC3=O)N(CCCOC)C3=C2C(=O)CC(C)(C)C3)cc(OCC)c1OCc1ccc([N+](=O)[O-])cc1. The topological polar surface area (TPSA) is 108 Å². The quantitative estimate of drug-likeness (QED) is 0.0923. The number of allylic oxidation sites excluding steroid dienone is 5. The van der Waals surface area contributed by atoms with Gasteiger partial charge in [0.15, 0.2) is 23.1 Å². The molecule has 9 heteroatoms. The van der Waals surface area contributed by atoms with Crippen molar-refractivity contribution in [1.82, 2.24) is 4.90 Å². The van der Waals surface area contributed by atoms with E-state index in [1.165, 1.54) is 12.1 Å². The first-order valence-corrected chi connectivity index (χ1v) is 16.8. The van der Waals surface area contributed by atoms with Crippen LogP contribution >= 0.6 is 0 Å². The number of carbonyl (C=O) groups excluding carboxylic acids is 2. The predicted octanol–water partition coefficient (Wildman–Crippen LogP) is 8.02. The maximum Gasteiger partial charge on any atom is 0.269 e.